The maximum Gasteiger partial charge on any atom is 0.313 e. The van der Waals surface area contributed by atoms with Crippen LogP contribution in [0.5, 0.6) is 0 Å². The zero-order valence-corrected chi connectivity index (χ0v) is 19.3. The first-order chi connectivity index (χ1) is 15.1. The molecule has 4 rings (SSSR count). The lowest BCUT2D eigenvalue weighted by Gasteiger charge is -2.23. The fourth-order valence-electron chi connectivity index (χ4n) is 4.01. The van der Waals surface area contributed by atoms with E-state index in [0.29, 0.717) is 6.54 Å². The molecule has 4 nitrogen and oxygen atoms in total. The summed E-state index contributed by atoms with van der Waals surface area (Å²) in [5, 5.41) is 0. The molecule has 3 aromatic carbocycles. The predicted octanol–water partition coefficient (Wildman–Crippen LogP) is 6.27. The highest BCUT2D eigenvalue weighted by Gasteiger charge is 2.31. The van der Waals surface area contributed by atoms with Crippen LogP contribution in [0.4, 0.5) is 5.69 Å². The van der Waals surface area contributed by atoms with Crippen molar-refractivity contribution in [2.75, 3.05) is 4.90 Å². The van der Waals surface area contributed by atoms with Gasteiger partial charge in [0, 0.05) is 5.69 Å². The summed E-state index contributed by atoms with van der Waals surface area (Å²) < 4.78 is 5.50. The predicted molar refractivity (Wildman–Crippen MR) is 128 cm³/mol. The SMILES string of the molecule is Cc1ccc(-c2cccc3c2C(=O)N(c2ccc(C(C)C(=O)OC(C)(C)C)cc2)C3)cc1. The molecule has 1 atom stereocenters. The van der Waals surface area contributed by atoms with Crippen LogP contribution in [-0.2, 0) is 16.1 Å². The van der Waals surface area contributed by atoms with Gasteiger partial charge in [0.05, 0.1) is 18.0 Å². The molecule has 0 spiro atoms. The first-order valence-electron chi connectivity index (χ1n) is 11.0. The number of ether oxygens (including phenoxy) is 1. The number of nitrogens with zero attached hydrogens (tertiary/aromatic N) is 1. The Bertz CT molecular complexity index is 1150. The van der Waals surface area contributed by atoms with E-state index in [0.717, 1.165) is 33.5 Å². The van der Waals surface area contributed by atoms with E-state index in [4.69, 9.17) is 4.74 Å². The molecule has 0 radical (unpaired) electrons. The van der Waals surface area contributed by atoms with Gasteiger partial charge in [-0.1, -0.05) is 60.2 Å². The molecule has 0 fully saturated rings. The Morgan fingerprint density at radius 2 is 1.62 bits per heavy atom. The summed E-state index contributed by atoms with van der Waals surface area (Å²) in [7, 11) is 0. The van der Waals surface area contributed by atoms with Crippen molar-refractivity contribution < 1.29 is 14.3 Å². The second-order valence-electron chi connectivity index (χ2n) is 9.44. The smallest absolute Gasteiger partial charge is 0.313 e. The average Bonchev–Trinajstić information content (AvgIpc) is 3.09. The highest BCUT2D eigenvalue weighted by molar-refractivity contribution is 6.14. The summed E-state index contributed by atoms with van der Waals surface area (Å²) in [6.07, 6.45) is 0. The van der Waals surface area contributed by atoms with Crippen molar-refractivity contribution in [2.24, 2.45) is 0 Å². The fraction of sp³-hybridized carbons (Fsp3) is 0.286. The second-order valence-corrected chi connectivity index (χ2v) is 9.44. The molecule has 0 aliphatic carbocycles. The van der Waals surface area contributed by atoms with E-state index in [1.807, 2.05) is 70.2 Å². The van der Waals surface area contributed by atoms with Crippen LogP contribution in [0.15, 0.2) is 66.7 Å². The van der Waals surface area contributed by atoms with Gasteiger partial charge >= 0.3 is 5.97 Å². The topological polar surface area (TPSA) is 46.6 Å². The number of hydrogen-bond acceptors (Lipinski definition) is 3. The Hall–Kier alpha value is -3.40. The number of aryl methyl sites for hydroxylation is 1. The van der Waals surface area contributed by atoms with Crippen LogP contribution in [0.25, 0.3) is 11.1 Å². The Labute approximate surface area is 189 Å². The monoisotopic (exact) mass is 427 g/mol. The Balaban J connectivity index is 1.58. The van der Waals surface area contributed by atoms with Gasteiger partial charge in [0.15, 0.2) is 0 Å². The largest absolute Gasteiger partial charge is 0.460 e. The van der Waals surface area contributed by atoms with E-state index in [9.17, 15) is 9.59 Å². The third-order valence-corrected chi connectivity index (χ3v) is 5.77. The lowest BCUT2D eigenvalue weighted by molar-refractivity contribution is -0.156. The van der Waals surface area contributed by atoms with Crippen molar-refractivity contribution in [1.82, 2.24) is 0 Å². The molecule has 0 saturated carbocycles. The van der Waals surface area contributed by atoms with Crippen LogP contribution in [-0.4, -0.2) is 17.5 Å². The molecule has 3 aromatic rings. The number of anilines is 1. The van der Waals surface area contributed by atoms with Crippen molar-refractivity contribution in [3.63, 3.8) is 0 Å². The first-order valence-corrected chi connectivity index (χ1v) is 11.0. The molecule has 1 heterocycles. The molecule has 0 saturated heterocycles. The molecule has 4 heteroatoms. The van der Waals surface area contributed by atoms with Gasteiger partial charge in [0.25, 0.3) is 5.91 Å². The number of esters is 1. The summed E-state index contributed by atoms with van der Waals surface area (Å²) in [5.74, 6) is -0.621. The summed E-state index contributed by atoms with van der Waals surface area (Å²) in [5.41, 5.74) is 6.16. The molecular formula is C28H29NO3. The molecular weight excluding hydrogens is 398 g/mol. The fourth-order valence-corrected chi connectivity index (χ4v) is 4.01. The summed E-state index contributed by atoms with van der Waals surface area (Å²) in [4.78, 5) is 27.6. The van der Waals surface area contributed by atoms with Crippen LogP contribution in [0.3, 0.4) is 0 Å². The van der Waals surface area contributed by atoms with Crippen molar-refractivity contribution in [2.45, 2.75) is 52.7 Å². The van der Waals surface area contributed by atoms with Crippen molar-refractivity contribution >= 4 is 17.6 Å². The van der Waals surface area contributed by atoms with Crippen LogP contribution < -0.4 is 4.90 Å². The number of benzene rings is 3. The van der Waals surface area contributed by atoms with E-state index in [2.05, 4.69) is 31.2 Å². The Morgan fingerprint density at radius 3 is 2.25 bits per heavy atom. The Kier molecular flexibility index (Phi) is 5.64. The van der Waals surface area contributed by atoms with Gasteiger partial charge in [-0.15, -0.1) is 0 Å². The van der Waals surface area contributed by atoms with Gasteiger partial charge in [-0.25, -0.2) is 0 Å². The van der Waals surface area contributed by atoms with Gasteiger partial charge in [0.1, 0.15) is 5.60 Å². The highest BCUT2D eigenvalue weighted by atomic mass is 16.6. The molecule has 32 heavy (non-hydrogen) atoms. The van der Waals surface area contributed by atoms with Gasteiger partial charge in [-0.3, -0.25) is 9.59 Å². The van der Waals surface area contributed by atoms with Gasteiger partial charge < -0.3 is 9.64 Å². The van der Waals surface area contributed by atoms with Crippen LogP contribution >= 0.6 is 0 Å². The quantitative estimate of drug-likeness (QED) is 0.461. The first kappa shape index (κ1) is 21.8. The average molecular weight is 428 g/mol. The third kappa shape index (κ3) is 4.31. The molecule has 0 bridgehead atoms. The molecule has 1 aliphatic heterocycles. The minimum Gasteiger partial charge on any atom is -0.460 e. The van der Waals surface area contributed by atoms with E-state index >= 15 is 0 Å². The van der Waals surface area contributed by atoms with Gasteiger partial charge in [-0.2, -0.15) is 0 Å². The van der Waals surface area contributed by atoms with Gasteiger partial charge in [0.2, 0.25) is 0 Å². The minimum absolute atomic E-state index is 0.00381. The lowest BCUT2D eigenvalue weighted by atomic mass is 9.96. The zero-order valence-electron chi connectivity index (χ0n) is 19.3. The van der Waals surface area contributed by atoms with Crippen LogP contribution in [0.1, 0.15) is 60.7 Å². The Morgan fingerprint density at radius 1 is 0.969 bits per heavy atom. The number of carbonyl (C=O) groups is 2. The lowest BCUT2D eigenvalue weighted by Crippen LogP contribution is -2.27. The molecule has 1 amide bonds. The van der Waals surface area contributed by atoms with E-state index in [1.165, 1.54) is 5.56 Å². The molecule has 0 N–H and O–H groups in total. The van der Waals surface area contributed by atoms with Crippen molar-refractivity contribution in [3.05, 3.63) is 89.0 Å². The van der Waals surface area contributed by atoms with Crippen molar-refractivity contribution in [3.8, 4) is 11.1 Å². The summed E-state index contributed by atoms with van der Waals surface area (Å²) in [6.45, 7) is 10.0. The number of carbonyl (C=O) groups excluding carboxylic acids is 2. The zero-order chi connectivity index (χ0) is 23.0. The van der Waals surface area contributed by atoms with E-state index in [1.54, 1.807) is 4.90 Å². The molecule has 164 valence electrons. The number of hydrogen-bond donors (Lipinski definition) is 0. The van der Waals surface area contributed by atoms with E-state index in [-0.39, 0.29) is 17.8 Å². The van der Waals surface area contributed by atoms with E-state index < -0.39 is 5.60 Å². The maximum atomic E-state index is 13.4. The van der Waals surface area contributed by atoms with Crippen molar-refractivity contribution in [1.29, 1.82) is 0 Å². The minimum atomic E-state index is -0.520. The van der Waals surface area contributed by atoms with Crippen LogP contribution in [0, 0.1) is 6.92 Å². The molecule has 1 unspecified atom stereocenters. The highest BCUT2D eigenvalue weighted by Crippen LogP contribution is 2.35. The molecule has 0 aromatic heterocycles. The molecule has 1 aliphatic rings. The third-order valence-electron chi connectivity index (χ3n) is 5.77. The summed E-state index contributed by atoms with van der Waals surface area (Å²) in [6, 6.07) is 21.9. The standard InChI is InChI=1S/C28H29NO3/c1-18-9-11-21(12-10-18)24-8-6-7-22-17-29(26(30)25(22)24)23-15-13-20(14-16-23)19(2)27(31)32-28(3,4)5/h6-16,19H,17H2,1-5H3. The number of amides is 1. The summed E-state index contributed by atoms with van der Waals surface area (Å²) >= 11 is 0. The normalized spacial score (nSPS) is 14.3. The van der Waals surface area contributed by atoms with Crippen LogP contribution in [0.2, 0.25) is 0 Å². The number of fused-ring (bicyclic) bond motifs is 1. The van der Waals surface area contributed by atoms with Gasteiger partial charge in [-0.05, 0) is 69.0 Å². The number of rotatable bonds is 4. The maximum absolute atomic E-state index is 13.4. The second kappa shape index (κ2) is 8.27.